The molecule has 0 heterocycles. The van der Waals surface area contributed by atoms with E-state index in [1.165, 1.54) is 22.1 Å². The summed E-state index contributed by atoms with van der Waals surface area (Å²) in [5.74, 6) is 0. The lowest BCUT2D eigenvalue weighted by molar-refractivity contribution is 1.60. The van der Waals surface area contributed by atoms with Crippen LogP contribution in [-0.2, 0) is 0 Å². The lowest BCUT2D eigenvalue weighted by Crippen LogP contribution is -1.88. The summed E-state index contributed by atoms with van der Waals surface area (Å²) in [6, 6.07) is 32.3. The van der Waals surface area contributed by atoms with Crippen LogP contribution in [0.5, 0.6) is 0 Å². The number of hydrogen-bond acceptors (Lipinski definition) is 0. The van der Waals surface area contributed by atoms with E-state index in [9.17, 15) is 0 Å². The Morgan fingerprint density at radius 2 is 1.57 bits per heavy atom. The van der Waals surface area contributed by atoms with Gasteiger partial charge in [-0.1, -0.05) is 84.4 Å². The average molecular weight is 314 g/mol. The minimum absolute atomic E-state index is 0.760. The first-order valence-corrected chi connectivity index (χ1v) is 7.95. The first-order chi connectivity index (χ1) is 11.3. The van der Waals surface area contributed by atoms with Crippen molar-refractivity contribution in [3.63, 3.8) is 0 Å². The van der Waals surface area contributed by atoms with Gasteiger partial charge in [0.2, 0.25) is 0 Å². The molecular formula is C22H14Cl. The summed E-state index contributed by atoms with van der Waals surface area (Å²) in [6.45, 7) is 0. The maximum Gasteiger partial charge on any atom is 0.0412 e. The average Bonchev–Trinajstić information content (AvgIpc) is 2.62. The Kier molecular flexibility index (Phi) is 3.61. The lowest BCUT2D eigenvalue weighted by atomic mass is 9.90. The number of benzene rings is 4. The van der Waals surface area contributed by atoms with Crippen molar-refractivity contribution in [2.45, 2.75) is 0 Å². The molecule has 0 saturated carbocycles. The molecule has 0 atom stereocenters. The molecule has 0 nitrogen and oxygen atoms in total. The summed E-state index contributed by atoms with van der Waals surface area (Å²) >= 11 is 6.17. The highest BCUT2D eigenvalue weighted by atomic mass is 35.5. The highest BCUT2D eigenvalue weighted by Gasteiger charge is 2.11. The molecule has 0 aliphatic heterocycles. The third kappa shape index (κ3) is 2.62. The zero-order valence-corrected chi connectivity index (χ0v) is 13.2. The molecule has 0 unspecified atom stereocenters. The van der Waals surface area contributed by atoms with Crippen molar-refractivity contribution in [3.05, 3.63) is 96.0 Å². The van der Waals surface area contributed by atoms with Gasteiger partial charge in [0.25, 0.3) is 0 Å². The van der Waals surface area contributed by atoms with Gasteiger partial charge in [-0.25, -0.2) is 0 Å². The third-order valence-electron chi connectivity index (χ3n) is 4.04. The molecule has 0 fully saturated rings. The van der Waals surface area contributed by atoms with Crippen molar-refractivity contribution in [2.24, 2.45) is 0 Å². The molecule has 0 aliphatic carbocycles. The molecule has 0 saturated heterocycles. The first-order valence-electron chi connectivity index (χ1n) is 7.58. The lowest BCUT2D eigenvalue weighted by Gasteiger charge is -2.14. The maximum absolute atomic E-state index is 6.17. The van der Waals surface area contributed by atoms with Crippen LogP contribution in [0.1, 0.15) is 0 Å². The summed E-state index contributed by atoms with van der Waals surface area (Å²) in [4.78, 5) is 0. The summed E-state index contributed by atoms with van der Waals surface area (Å²) in [5.41, 5.74) is 4.71. The monoisotopic (exact) mass is 313 g/mol. The largest absolute Gasteiger partial charge is 0.0843 e. The molecule has 0 bridgehead atoms. The number of hydrogen-bond donors (Lipinski definition) is 0. The Balaban J connectivity index is 2.09. The fraction of sp³-hybridized carbons (Fsp3) is 0. The minimum Gasteiger partial charge on any atom is -0.0843 e. The van der Waals surface area contributed by atoms with Gasteiger partial charge in [-0.3, -0.25) is 0 Å². The highest BCUT2D eigenvalue weighted by molar-refractivity contribution is 6.31. The Hall–Kier alpha value is -2.57. The maximum atomic E-state index is 6.17. The van der Waals surface area contributed by atoms with Crippen molar-refractivity contribution in [2.75, 3.05) is 0 Å². The quantitative estimate of drug-likeness (QED) is 0.390. The number of halogens is 1. The Labute approximate surface area is 141 Å². The van der Waals surface area contributed by atoms with E-state index in [1.807, 2.05) is 36.4 Å². The fourth-order valence-corrected chi connectivity index (χ4v) is 3.18. The van der Waals surface area contributed by atoms with E-state index in [2.05, 4.69) is 54.6 Å². The van der Waals surface area contributed by atoms with Gasteiger partial charge in [-0.05, 0) is 51.2 Å². The van der Waals surface area contributed by atoms with Crippen LogP contribution in [0.15, 0.2) is 84.9 Å². The first kappa shape index (κ1) is 14.0. The van der Waals surface area contributed by atoms with Gasteiger partial charge in [-0.15, -0.1) is 0 Å². The van der Waals surface area contributed by atoms with Crippen LogP contribution in [0.3, 0.4) is 0 Å². The van der Waals surface area contributed by atoms with Crippen molar-refractivity contribution < 1.29 is 0 Å². The van der Waals surface area contributed by atoms with Crippen LogP contribution >= 0.6 is 11.6 Å². The second-order valence-electron chi connectivity index (χ2n) is 5.50. The molecule has 1 heteroatoms. The van der Waals surface area contributed by atoms with Crippen molar-refractivity contribution in [1.29, 1.82) is 0 Å². The van der Waals surface area contributed by atoms with E-state index in [0.29, 0.717) is 0 Å². The molecule has 4 aromatic rings. The molecule has 0 N–H and O–H groups in total. The topological polar surface area (TPSA) is 0 Å². The van der Waals surface area contributed by atoms with Crippen LogP contribution in [0.4, 0.5) is 0 Å². The smallest absolute Gasteiger partial charge is 0.0412 e. The van der Waals surface area contributed by atoms with Crippen molar-refractivity contribution in [1.82, 2.24) is 0 Å². The molecule has 0 aromatic heterocycles. The Bertz CT molecular complexity index is 957. The van der Waals surface area contributed by atoms with Crippen LogP contribution in [0, 0.1) is 6.07 Å². The molecule has 4 rings (SSSR count). The molecular weight excluding hydrogens is 300 g/mol. The van der Waals surface area contributed by atoms with Crippen LogP contribution in [-0.4, -0.2) is 0 Å². The van der Waals surface area contributed by atoms with Gasteiger partial charge in [0.05, 0.1) is 0 Å². The molecule has 1 radical (unpaired) electrons. The SMILES string of the molecule is Clc1ccc2c(-c3ccccc3)c(-c3[c]cccc3)ccc2c1. The zero-order valence-electron chi connectivity index (χ0n) is 12.5. The van der Waals surface area contributed by atoms with E-state index >= 15 is 0 Å². The summed E-state index contributed by atoms with van der Waals surface area (Å²) < 4.78 is 0. The van der Waals surface area contributed by atoms with Crippen LogP contribution in [0.2, 0.25) is 5.02 Å². The van der Waals surface area contributed by atoms with E-state index in [1.54, 1.807) is 0 Å². The summed E-state index contributed by atoms with van der Waals surface area (Å²) in [7, 11) is 0. The van der Waals surface area contributed by atoms with Crippen LogP contribution < -0.4 is 0 Å². The van der Waals surface area contributed by atoms with Gasteiger partial charge < -0.3 is 0 Å². The molecule has 0 aliphatic rings. The van der Waals surface area contributed by atoms with E-state index in [4.69, 9.17) is 11.6 Å². The predicted molar refractivity (Wildman–Crippen MR) is 98.7 cm³/mol. The van der Waals surface area contributed by atoms with Crippen molar-refractivity contribution in [3.8, 4) is 22.3 Å². The Morgan fingerprint density at radius 1 is 0.739 bits per heavy atom. The summed E-state index contributed by atoms with van der Waals surface area (Å²) in [5, 5.41) is 3.11. The second kappa shape index (κ2) is 5.91. The highest BCUT2D eigenvalue weighted by Crippen LogP contribution is 2.38. The number of fused-ring (bicyclic) bond motifs is 1. The molecule has 0 spiro atoms. The van der Waals surface area contributed by atoms with Gasteiger partial charge in [0.15, 0.2) is 0 Å². The van der Waals surface area contributed by atoms with Crippen molar-refractivity contribution >= 4 is 22.4 Å². The third-order valence-corrected chi connectivity index (χ3v) is 4.28. The van der Waals surface area contributed by atoms with Gasteiger partial charge in [-0.2, -0.15) is 0 Å². The standard InChI is InChI=1S/C22H14Cl/c23-19-12-14-21-18(15-19)11-13-20(16-7-3-1-4-8-16)22(21)17-9-5-2-6-10-17/h1-7,9-15H. The van der Waals surface area contributed by atoms with E-state index in [-0.39, 0.29) is 0 Å². The van der Waals surface area contributed by atoms with Gasteiger partial charge in [0, 0.05) is 5.02 Å². The minimum atomic E-state index is 0.760. The predicted octanol–water partition coefficient (Wildman–Crippen LogP) is 6.63. The molecule has 23 heavy (non-hydrogen) atoms. The van der Waals surface area contributed by atoms with Gasteiger partial charge in [0.1, 0.15) is 0 Å². The van der Waals surface area contributed by atoms with E-state index in [0.717, 1.165) is 16.0 Å². The zero-order chi connectivity index (χ0) is 15.6. The fourth-order valence-electron chi connectivity index (χ4n) is 3.00. The van der Waals surface area contributed by atoms with Gasteiger partial charge >= 0.3 is 0 Å². The molecule has 0 amide bonds. The second-order valence-corrected chi connectivity index (χ2v) is 5.93. The molecule has 109 valence electrons. The Morgan fingerprint density at radius 3 is 2.35 bits per heavy atom. The van der Waals surface area contributed by atoms with E-state index < -0.39 is 0 Å². The van der Waals surface area contributed by atoms with Crippen LogP contribution in [0.25, 0.3) is 33.0 Å². The summed E-state index contributed by atoms with van der Waals surface area (Å²) in [6.07, 6.45) is 0. The molecule has 4 aromatic carbocycles. The normalized spacial score (nSPS) is 10.8. The number of rotatable bonds is 2.